The van der Waals surface area contributed by atoms with Crippen LogP contribution < -0.4 is 0 Å². The Morgan fingerprint density at radius 2 is 0.684 bits per heavy atom. The van der Waals surface area contributed by atoms with Crippen LogP contribution in [0.15, 0.2) is 212 Å². The van der Waals surface area contributed by atoms with Gasteiger partial charge in [-0.25, -0.2) is 0 Å². The molecule has 2 aliphatic carbocycles. The zero-order valence-electron chi connectivity index (χ0n) is 31.2. The number of pyridine rings is 1. The van der Waals surface area contributed by atoms with Gasteiger partial charge in [-0.2, -0.15) is 0 Å². The Bertz CT molecular complexity index is 3090. The third-order valence-electron chi connectivity index (χ3n) is 12.6. The van der Waals surface area contributed by atoms with E-state index >= 15 is 0 Å². The topological polar surface area (TPSA) is 12.9 Å². The van der Waals surface area contributed by atoms with Gasteiger partial charge in [-0.05, 0) is 106 Å². The fourth-order valence-electron chi connectivity index (χ4n) is 10.2. The van der Waals surface area contributed by atoms with Gasteiger partial charge in [-0.15, -0.1) is 0 Å². The molecule has 12 rings (SSSR count). The average Bonchev–Trinajstić information content (AvgIpc) is 3.76. The highest BCUT2D eigenvalue weighted by molar-refractivity contribution is 6.21. The maximum absolute atomic E-state index is 5.24. The lowest BCUT2D eigenvalue weighted by Crippen LogP contribution is -2.25. The van der Waals surface area contributed by atoms with Crippen LogP contribution in [0.2, 0.25) is 0 Å². The number of fused-ring (bicyclic) bond motifs is 12. The first-order valence-electron chi connectivity index (χ1n) is 19.8. The van der Waals surface area contributed by atoms with E-state index in [0.29, 0.717) is 0 Å². The van der Waals surface area contributed by atoms with Gasteiger partial charge in [-0.3, -0.25) is 4.98 Å². The van der Waals surface area contributed by atoms with E-state index in [4.69, 9.17) is 4.98 Å². The van der Waals surface area contributed by atoms with E-state index in [2.05, 4.69) is 212 Å². The SMILES string of the molecule is c1ccc(-c2ccc(-c3c4ccccc4c(-c4ccc(-c5ccc6c(c5)C5(c7ccccc7-c7ccccc75)c5ccccc5-6)nc4)c4ccccc34)cc2)cc1. The van der Waals surface area contributed by atoms with Gasteiger partial charge in [0.1, 0.15) is 0 Å². The number of hydrogen-bond donors (Lipinski definition) is 0. The van der Waals surface area contributed by atoms with Crippen molar-refractivity contribution in [3.63, 3.8) is 0 Å². The van der Waals surface area contributed by atoms with Crippen LogP contribution in [-0.2, 0) is 5.41 Å². The van der Waals surface area contributed by atoms with Crippen molar-refractivity contribution in [2.75, 3.05) is 0 Å². The smallest absolute Gasteiger partial charge is 0.0725 e. The second-order valence-electron chi connectivity index (χ2n) is 15.4. The first-order chi connectivity index (χ1) is 28.3. The van der Waals surface area contributed by atoms with Crippen molar-refractivity contribution < 1.29 is 0 Å². The van der Waals surface area contributed by atoms with E-state index in [0.717, 1.165) is 16.8 Å². The van der Waals surface area contributed by atoms with Crippen LogP contribution in [0.1, 0.15) is 22.3 Å². The Morgan fingerprint density at radius 1 is 0.281 bits per heavy atom. The molecule has 9 aromatic carbocycles. The third-order valence-corrected chi connectivity index (χ3v) is 12.6. The third kappa shape index (κ3) is 4.54. The summed E-state index contributed by atoms with van der Waals surface area (Å²) in [6.07, 6.45) is 2.08. The fraction of sp³-hybridized carbons (Fsp3) is 0.0179. The molecule has 0 fully saturated rings. The number of hydrogen-bond acceptors (Lipinski definition) is 1. The molecule has 0 saturated carbocycles. The molecule has 0 aliphatic heterocycles. The molecule has 0 N–H and O–H groups in total. The maximum Gasteiger partial charge on any atom is 0.0725 e. The van der Waals surface area contributed by atoms with E-state index in [1.807, 2.05) is 0 Å². The molecule has 0 atom stereocenters. The minimum absolute atomic E-state index is 0.378. The summed E-state index contributed by atoms with van der Waals surface area (Å²) in [6, 6.07) is 75.7. The molecule has 264 valence electrons. The predicted molar refractivity (Wildman–Crippen MR) is 237 cm³/mol. The zero-order chi connectivity index (χ0) is 37.5. The summed E-state index contributed by atoms with van der Waals surface area (Å²) in [4.78, 5) is 5.24. The number of nitrogens with zero attached hydrogens (tertiary/aromatic N) is 1. The normalized spacial score (nSPS) is 13.1. The molecule has 0 radical (unpaired) electrons. The number of benzene rings is 9. The lowest BCUT2D eigenvalue weighted by atomic mass is 9.70. The van der Waals surface area contributed by atoms with Gasteiger partial charge in [-0.1, -0.05) is 194 Å². The molecule has 1 heterocycles. The van der Waals surface area contributed by atoms with Crippen LogP contribution in [0.3, 0.4) is 0 Å². The molecular weight excluding hydrogens is 687 g/mol. The summed E-state index contributed by atoms with van der Waals surface area (Å²) in [5.74, 6) is 0. The molecular formula is C56H35N. The molecule has 0 unspecified atom stereocenters. The molecule has 1 aromatic heterocycles. The van der Waals surface area contributed by atoms with Crippen molar-refractivity contribution in [1.82, 2.24) is 4.98 Å². The van der Waals surface area contributed by atoms with Crippen LogP contribution in [0.4, 0.5) is 0 Å². The van der Waals surface area contributed by atoms with Gasteiger partial charge in [0.2, 0.25) is 0 Å². The van der Waals surface area contributed by atoms with Gasteiger partial charge in [0.25, 0.3) is 0 Å². The van der Waals surface area contributed by atoms with Gasteiger partial charge >= 0.3 is 0 Å². The quantitative estimate of drug-likeness (QED) is 0.165. The summed E-state index contributed by atoms with van der Waals surface area (Å²) >= 11 is 0. The average molecular weight is 722 g/mol. The zero-order valence-corrected chi connectivity index (χ0v) is 31.2. The Kier molecular flexibility index (Phi) is 6.91. The van der Waals surface area contributed by atoms with E-state index in [1.165, 1.54) is 93.9 Å². The second kappa shape index (κ2) is 12.3. The summed E-state index contributed by atoms with van der Waals surface area (Å²) in [5.41, 5.74) is 19.6. The van der Waals surface area contributed by atoms with Crippen LogP contribution >= 0.6 is 0 Å². The van der Waals surface area contributed by atoms with Gasteiger partial charge in [0.05, 0.1) is 11.1 Å². The van der Waals surface area contributed by atoms with Crippen molar-refractivity contribution in [3.05, 3.63) is 235 Å². The van der Waals surface area contributed by atoms with Crippen molar-refractivity contribution in [3.8, 4) is 66.9 Å². The Morgan fingerprint density at radius 3 is 1.21 bits per heavy atom. The standard InChI is InChI=1S/C56H35N/c1-2-14-36(15-3-1)37-26-28-38(29-27-37)54-45-19-4-6-21-47(45)55(48-22-7-5-20-46(48)54)40-31-33-53(57-35-40)39-30-32-44-43-18-10-13-25-51(43)56(52(44)34-39)49-23-11-8-16-41(49)42-17-9-12-24-50(42)56/h1-35H. The molecule has 2 aliphatic rings. The van der Waals surface area contributed by atoms with Crippen molar-refractivity contribution in [1.29, 1.82) is 0 Å². The molecule has 0 saturated heterocycles. The number of rotatable bonds is 4. The molecule has 1 heteroatoms. The highest BCUT2D eigenvalue weighted by Crippen LogP contribution is 2.63. The number of aromatic nitrogens is 1. The van der Waals surface area contributed by atoms with Crippen LogP contribution in [0.25, 0.3) is 88.4 Å². The Hall–Kier alpha value is -7.35. The predicted octanol–water partition coefficient (Wildman–Crippen LogP) is 14.4. The van der Waals surface area contributed by atoms with Gasteiger partial charge in [0, 0.05) is 17.3 Å². The van der Waals surface area contributed by atoms with Crippen molar-refractivity contribution in [2.45, 2.75) is 5.41 Å². The molecule has 1 nitrogen and oxygen atoms in total. The largest absolute Gasteiger partial charge is 0.256 e. The fourth-order valence-corrected chi connectivity index (χ4v) is 10.2. The second-order valence-corrected chi connectivity index (χ2v) is 15.4. The first kappa shape index (κ1) is 31.9. The highest BCUT2D eigenvalue weighted by atomic mass is 14.7. The summed E-state index contributed by atoms with van der Waals surface area (Å²) in [7, 11) is 0. The van der Waals surface area contributed by atoms with E-state index in [9.17, 15) is 0 Å². The molecule has 0 amide bonds. The van der Waals surface area contributed by atoms with Crippen molar-refractivity contribution >= 4 is 21.5 Å². The van der Waals surface area contributed by atoms with Crippen LogP contribution in [-0.4, -0.2) is 4.98 Å². The summed E-state index contributed by atoms with van der Waals surface area (Å²) < 4.78 is 0. The maximum atomic E-state index is 5.24. The molecule has 10 aromatic rings. The minimum Gasteiger partial charge on any atom is -0.256 e. The minimum atomic E-state index is -0.378. The van der Waals surface area contributed by atoms with E-state index < -0.39 is 0 Å². The molecule has 1 spiro atoms. The lowest BCUT2D eigenvalue weighted by Gasteiger charge is -2.30. The van der Waals surface area contributed by atoms with Gasteiger partial charge < -0.3 is 0 Å². The van der Waals surface area contributed by atoms with Crippen LogP contribution in [0, 0.1) is 0 Å². The molecule has 0 bridgehead atoms. The monoisotopic (exact) mass is 721 g/mol. The lowest BCUT2D eigenvalue weighted by molar-refractivity contribution is 0.794. The highest BCUT2D eigenvalue weighted by Gasteiger charge is 2.51. The molecule has 57 heavy (non-hydrogen) atoms. The van der Waals surface area contributed by atoms with Gasteiger partial charge in [0.15, 0.2) is 0 Å². The van der Waals surface area contributed by atoms with E-state index in [1.54, 1.807) is 0 Å². The summed E-state index contributed by atoms with van der Waals surface area (Å²) in [6.45, 7) is 0. The van der Waals surface area contributed by atoms with E-state index in [-0.39, 0.29) is 5.41 Å². The summed E-state index contributed by atoms with van der Waals surface area (Å²) in [5, 5.41) is 4.93. The Balaban J connectivity index is 0.995. The first-order valence-corrected chi connectivity index (χ1v) is 19.8. The van der Waals surface area contributed by atoms with Crippen LogP contribution in [0.5, 0.6) is 0 Å². The van der Waals surface area contributed by atoms with Crippen molar-refractivity contribution in [2.24, 2.45) is 0 Å². The Labute approximate surface area is 332 Å².